The molecule has 2 amide bonds. The van der Waals surface area contributed by atoms with Crippen molar-refractivity contribution in [3.05, 3.63) is 29.8 Å². The van der Waals surface area contributed by atoms with Gasteiger partial charge in [-0.15, -0.1) is 0 Å². The molecule has 0 aromatic heterocycles. The molecule has 1 aromatic rings. The molecule has 0 unspecified atom stereocenters. The highest BCUT2D eigenvalue weighted by Crippen LogP contribution is 2.30. The Morgan fingerprint density at radius 2 is 1.90 bits per heavy atom. The number of halogens is 2. The number of likely N-dealkylation sites (N-methyl/N-ethyl adjacent to an activating group) is 1. The highest BCUT2D eigenvalue weighted by molar-refractivity contribution is 5.95. The number of benzene rings is 1. The molecule has 6 heteroatoms. The summed E-state index contributed by atoms with van der Waals surface area (Å²) in [7, 11) is 0. The van der Waals surface area contributed by atoms with Crippen LogP contribution in [0.5, 0.6) is 0 Å². The van der Waals surface area contributed by atoms with Crippen LogP contribution in [-0.4, -0.2) is 29.8 Å². The predicted molar refractivity (Wildman–Crippen MR) is 70.0 cm³/mol. The number of nitrogens with zero attached hydrogens (tertiary/aromatic N) is 1. The van der Waals surface area contributed by atoms with E-state index in [0.717, 1.165) is 25.0 Å². The van der Waals surface area contributed by atoms with Crippen molar-refractivity contribution in [2.75, 3.05) is 18.4 Å². The van der Waals surface area contributed by atoms with Gasteiger partial charge in [0, 0.05) is 12.5 Å². The van der Waals surface area contributed by atoms with E-state index in [9.17, 15) is 18.4 Å². The maximum absolute atomic E-state index is 13.4. The molecular weight excluding hydrogens is 266 g/mol. The van der Waals surface area contributed by atoms with Crippen molar-refractivity contribution in [2.45, 2.75) is 19.8 Å². The quantitative estimate of drug-likeness (QED) is 0.899. The standard InChI is InChI=1S/C14H16F2N2O2/c1-2-18(14(20)9-6-7-9)8-12(19)17-13-10(15)4-3-5-11(13)16/h3-5,9H,2,6-8H2,1H3,(H,17,19). The summed E-state index contributed by atoms with van der Waals surface area (Å²) < 4.78 is 26.8. The number of nitrogens with one attached hydrogen (secondary N) is 1. The summed E-state index contributed by atoms with van der Waals surface area (Å²) >= 11 is 0. The summed E-state index contributed by atoms with van der Waals surface area (Å²) in [4.78, 5) is 25.0. The number of anilines is 1. The predicted octanol–water partition coefficient (Wildman–Crippen LogP) is 2.16. The zero-order chi connectivity index (χ0) is 14.7. The lowest BCUT2D eigenvalue weighted by atomic mass is 10.3. The Balaban J connectivity index is 1.99. The zero-order valence-corrected chi connectivity index (χ0v) is 11.2. The molecule has 20 heavy (non-hydrogen) atoms. The lowest BCUT2D eigenvalue weighted by Crippen LogP contribution is -2.38. The topological polar surface area (TPSA) is 49.4 Å². The largest absolute Gasteiger partial charge is 0.333 e. The maximum Gasteiger partial charge on any atom is 0.244 e. The first kappa shape index (κ1) is 14.4. The average Bonchev–Trinajstić information content (AvgIpc) is 3.24. The van der Waals surface area contributed by atoms with Crippen LogP contribution in [0.15, 0.2) is 18.2 Å². The number of hydrogen-bond acceptors (Lipinski definition) is 2. The molecule has 108 valence electrons. The monoisotopic (exact) mass is 282 g/mol. The van der Waals surface area contributed by atoms with Crippen LogP contribution in [-0.2, 0) is 9.59 Å². The molecule has 1 aromatic carbocycles. The zero-order valence-electron chi connectivity index (χ0n) is 11.2. The highest BCUT2D eigenvalue weighted by atomic mass is 19.1. The Labute approximate surface area is 115 Å². The summed E-state index contributed by atoms with van der Waals surface area (Å²) in [5.41, 5.74) is -0.479. The SMILES string of the molecule is CCN(CC(=O)Nc1c(F)cccc1F)C(=O)C1CC1. The molecule has 1 aliphatic rings. The van der Waals surface area contributed by atoms with Crippen LogP contribution in [0.4, 0.5) is 14.5 Å². The second-order valence-corrected chi connectivity index (χ2v) is 4.77. The van der Waals surface area contributed by atoms with Gasteiger partial charge in [-0.1, -0.05) is 6.07 Å². The van der Waals surface area contributed by atoms with Crippen LogP contribution in [0.25, 0.3) is 0 Å². The second kappa shape index (κ2) is 5.98. The van der Waals surface area contributed by atoms with E-state index in [4.69, 9.17) is 0 Å². The Hall–Kier alpha value is -1.98. The fourth-order valence-electron chi connectivity index (χ4n) is 1.90. The third-order valence-corrected chi connectivity index (χ3v) is 3.18. The molecule has 1 N–H and O–H groups in total. The van der Waals surface area contributed by atoms with Crippen molar-refractivity contribution in [3.8, 4) is 0 Å². The normalized spacial score (nSPS) is 13.9. The fraction of sp³-hybridized carbons (Fsp3) is 0.429. The van der Waals surface area contributed by atoms with Gasteiger partial charge in [-0.3, -0.25) is 9.59 Å². The van der Waals surface area contributed by atoms with Gasteiger partial charge in [-0.05, 0) is 31.9 Å². The average molecular weight is 282 g/mol. The van der Waals surface area contributed by atoms with Gasteiger partial charge < -0.3 is 10.2 Å². The Morgan fingerprint density at radius 3 is 2.40 bits per heavy atom. The van der Waals surface area contributed by atoms with Crippen LogP contribution in [0.2, 0.25) is 0 Å². The van der Waals surface area contributed by atoms with Gasteiger partial charge in [0.2, 0.25) is 11.8 Å². The van der Waals surface area contributed by atoms with Crippen LogP contribution in [0.3, 0.4) is 0 Å². The van der Waals surface area contributed by atoms with E-state index >= 15 is 0 Å². The van der Waals surface area contributed by atoms with Crippen molar-refractivity contribution in [2.24, 2.45) is 5.92 Å². The van der Waals surface area contributed by atoms with E-state index < -0.39 is 23.2 Å². The van der Waals surface area contributed by atoms with Gasteiger partial charge in [0.1, 0.15) is 17.3 Å². The molecule has 1 aliphatic carbocycles. The molecule has 4 nitrogen and oxygen atoms in total. The minimum Gasteiger partial charge on any atom is -0.333 e. The van der Waals surface area contributed by atoms with Crippen LogP contribution in [0.1, 0.15) is 19.8 Å². The molecular formula is C14H16F2N2O2. The molecule has 0 atom stereocenters. The van der Waals surface area contributed by atoms with Crippen molar-refractivity contribution in [1.29, 1.82) is 0 Å². The van der Waals surface area contributed by atoms with Gasteiger partial charge in [0.25, 0.3) is 0 Å². The number of carbonyl (C=O) groups is 2. The Bertz CT molecular complexity index is 510. The van der Waals surface area contributed by atoms with E-state index in [1.807, 2.05) is 0 Å². The van der Waals surface area contributed by atoms with Gasteiger partial charge >= 0.3 is 0 Å². The smallest absolute Gasteiger partial charge is 0.244 e. The summed E-state index contributed by atoms with van der Waals surface area (Å²) in [6, 6.07) is 3.34. The first-order chi connectivity index (χ1) is 9.52. The summed E-state index contributed by atoms with van der Waals surface area (Å²) in [6.45, 7) is 1.96. The third-order valence-electron chi connectivity index (χ3n) is 3.18. The van der Waals surface area contributed by atoms with E-state index in [0.29, 0.717) is 6.54 Å². The number of amides is 2. The lowest BCUT2D eigenvalue weighted by molar-refractivity contribution is -0.135. The molecule has 0 saturated heterocycles. The lowest BCUT2D eigenvalue weighted by Gasteiger charge is -2.20. The van der Waals surface area contributed by atoms with Crippen LogP contribution in [0, 0.1) is 17.6 Å². The van der Waals surface area contributed by atoms with E-state index in [1.54, 1.807) is 6.92 Å². The first-order valence-corrected chi connectivity index (χ1v) is 6.55. The van der Waals surface area contributed by atoms with Crippen molar-refractivity contribution >= 4 is 17.5 Å². The van der Waals surface area contributed by atoms with E-state index in [2.05, 4.69) is 5.32 Å². The Morgan fingerprint density at radius 1 is 1.30 bits per heavy atom. The molecule has 0 spiro atoms. The van der Waals surface area contributed by atoms with Crippen molar-refractivity contribution < 1.29 is 18.4 Å². The van der Waals surface area contributed by atoms with Gasteiger partial charge in [-0.2, -0.15) is 0 Å². The summed E-state index contributed by atoms with van der Waals surface area (Å²) in [5, 5.41) is 2.17. The molecule has 2 rings (SSSR count). The number of para-hydroxylation sites is 1. The minimum absolute atomic E-state index is 0.00736. The molecule has 0 bridgehead atoms. The first-order valence-electron chi connectivity index (χ1n) is 6.55. The highest BCUT2D eigenvalue weighted by Gasteiger charge is 2.33. The van der Waals surface area contributed by atoms with Crippen molar-refractivity contribution in [1.82, 2.24) is 4.90 Å². The molecule has 0 aliphatic heterocycles. The number of carbonyl (C=O) groups excluding carboxylic acids is 2. The van der Waals surface area contributed by atoms with Gasteiger partial charge in [0.05, 0.1) is 6.54 Å². The molecule has 0 radical (unpaired) electrons. The minimum atomic E-state index is -0.838. The Kier molecular flexibility index (Phi) is 4.32. The molecule has 1 saturated carbocycles. The van der Waals surface area contributed by atoms with Gasteiger partial charge in [-0.25, -0.2) is 8.78 Å². The van der Waals surface area contributed by atoms with E-state index in [-0.39, 0.29) is 18.4 Å². The second-order valence-electron chi connectivity index (χ2n) is 4.77. The summed E-state index contributed by atoms with van der Waals surface area (Å²) in [5.74, 6) is -2.35. The third kappa shape index (κ3) is 3.31. The van der Waals surface area contributed by atoms with E-state index in [1.165, 1.54) is 11.0 Å². The van der Waals surface area contributed by atoms with Gasteiger partial charge in [0.15, 0.2) is 0 Å². The van der Waals surface area contributed by atoms with Crippen molar-refractivity contribution in [3.63, 3.8) is 0 Å². The number of rotatable bonds is 5. The number of hydrogen-bond donors (Lipinski definition) is 1. The summed E-state index contributed by atoms with van der Waals surface area (Å²) in [6.07, 6.45) is 1.69. The van der Waals surface area contributed by atoms with Crippen LogP contribution < -0.4 is 5.32 Å². The van der Waals surface area contributed by atoms with Crippen LogP contribution >= 0.6 is 0 Å². The molecule has 0 heterocycles. The molecule has 1 fully saturated rings. The maximum atomic E-state index is 13.4. The fourth-order valence-corrected chi connectivity index (χ4v) is 1.90.